The maximum absolute atomic E-state index is 5.81. The Morgan fingerprint density at radius 3 is 2.41 bits per heavy atom. The highest BCUT2D eigenvalue weighted by atomic mass is 16.5. The van der Waals surface area contributed by atoms with Crippen molar-refractivity contribution in [3.05, 3.63) is 47.7 Å². The Hall–Kier alpha value is -1.28. The molecule has 1 aromatic rings. The van der Waals surface area contributed by atoms with E-state index in [2.05, 4.69) is 30.3 Å². The summed E-state index contributed by atoms with van der Waals surface area (Å²) < 4.78 is 11.3. The summed E-state index contributed by atoms with van der Waals surface area (Å²) >= 11 is 0. The summed E-state index contributed by atoms with van der Waals surface area (Å²) in [4.78, 5) is 0. The quantitative estimate of drug-likeness (QED) is 0.684. The predicted octanol–water partition coefficient (Wildman–Crippen LogP) is 5.33. The Bertz CT molecular complexity index is 455. The van der Waals surface area contributed by atoms with Gasteiger partial charge in [-0.1, -0.05) is 49.9 Å². The van der Waals surface area contributed by atoms with E-state index in [0.29, 0.717) is 13.2 Å². The van der Waals surface area contributed by atoms with E-state index in [-0.39, 0.29) is 6.10 Å². The molecule has 3 rings (SSSR count). The second-order valence-corrected chi connectivity index (χ2v) is 6.65. The second-order valence-electron chi connectivity index (χ2n) is 6.65. The highest BCUT2D eigenvalue weighted by Crippen LogP contribution is 2.31. The van der Waals surface area contributed by atoms with Crippen LogP contribution in [0.1, 0.15) is 68.4 Å². The minimum absolute atomic E-state index is 0.232. The molecule has 1 aliphatic heterocycles. The average molecular weight is 300 g/mol. The molecule has 0 spiro atoms. The van der Waals surface area contributed by atoms with Crippen LogP contribution in [0.3, 0.4) is 0 Å². The van der Waals surface area contributed by atoms with E-state index in [1.165, 1.54) is 49.7 Å². The molecular weight excluding hydrogens is 272 g/mol. The van der Waals surface area contributed by atoms with Crippen molar-refractivity contribution in [3.8, 4) is 0 Å². The number of hydrogen-bond acceptors (Lipinski definition) is 2. The Morgan fingerprint density at radius 2 is 1.73 bits per heavy atom. The van der Waals surface area contributed by atoms with Gasteiger partial charge in [-0.3, -0.25) is 0 Å². The molecule has 1 aromatic carbocycles. The first kappa shape index (κ1) is 15.6. The molecule has 1 saturated carbocycles. The van der Waals surface area contributed by atoms with Gasteiger partial charge in [0, 0.05) is 0 Å². The van der Waals surface area contributed by atoms with Crippen LogP contribution in [-0.4, -0.2) is 12.7 Å². The number of ether oxygens (including phenoxy) is 2. The van der Waals surface area contributed by atoms with E-state index in [1.807, 2.05) is 0 Å². The van der Waals surface area contributed by atoms with Crippen LogP contribution in [0.25, 0.3) is 0 Å². The molecule has 0 aromatic heterocycles. The first-order valence-corrected chi connectivity index (χ1v) is 8.89. The fourth-order valence-electron chi connectivity index (χ4n) is 3.51. The van der Waals surface area contributed by atoms with E-state index < -0.39 is 0 Å². The van der Waals surface area contributed by atoms with E-state index >= 15 is 0 Å². The van der Waals surface area contributed by atoms with Crippen LogP contribution in [0, 0.1) is 0 Å². The van der Waals surface area contributed by atoms with Gasteiger partial charge in [-0.2, -0.15) is 0 Å². The number of rotatable bonds is 5. The minimum Gasteiger partial charge on any atom is -0.496 e. The Kier molecular flexibility index (Phi) is 5.94. The molecule has 2 nitrogen and oxygen atoms in total. The van der Waals surface area contributed by atoms with Gasteiger partial charge < -0.3 is 9.47 Å². The smallest absolute Gasteiger partial charge is 0.121 e. The van der Waals surface area contributed by atoms with Gasteiger partial charge in [0.1, 0.15) is 6.10 Å². The fraction of sp³-hybridized carbons (Fsp3) is 0.600. The molecule has 2 aliphatic rings. The zero-order chi connectivity index (χ0) is 15.0. The van der Waals surface area contributed by atoms with Crippen molar-refractivity contribution in [2.75, 3.05) is 6.61 Å². The lowest BCUT2D eigenvalue weighted by molar-refractivity contribution is 0.0109. The first-order chi connectivity index (χ1) is 10.9. The molecule has 0 amide bonds. The van der Waals surface area contributed by atoms with Crippen LogP contribution in [0.5, 0.6) is 0 Å². The molecule has 1 heterocycles. The SMILES string of the molecule is C1=COC(COCc2ccc(C3CCCCCC3)cc2)CC1. The lowest BCUT2D eigenvalue weighted by Crippen LogP contribution is -2.19. The van der Waals surface area contributed by atoms with Gasteiger partial charge >= 0.3 is 0 Å². The molecule has 0 N–H and O–H groups in total. The molecule has 120 valence electrons. The maximum Gasteiger partial charge on any atom is 0.121 e. The molecule has 1 fully saturated rings. The molecule has 0 bridgehead atoms. The van der Waals surface area contributed by atoms with E-state index in [4.69, 9.17) is 9.47 Å². The number of hydrogen-bond donors (Lipinski definition) is 0. The normalized spacial score (nSPS) is 23.0. The number of benzene rings is 1. The predicted molar refractivity (Wildman–Crippen MR) is 89.8 cm³/mol. The Balaban J connectivity index is 1.45. The zero-order valence-corrected chi connectivity index (χ0v) is 13.5. The number of allylic oxidation sites excluding steroid dienone is 1. The third kappa shape index (κ3) is 4.61. The summed E-state index contributed by atoms with van der Waals surface area (Å²) in [5.41, 5.74) is 2.79. The third-order valence-corrected chi connectivity index (χ3v) is 4.90. The summed E-state index contributed by atoms with van der Waals surface area (Å²) in [6.07, 6.45) is 14.6. The molecular formula is C20H28O2. The first-order valence-electron chi connectivity index (χ1n) is 8.89. The van der Waals surface area contributed by atoms with Crippen LogP contribution in [0.2, 0.25) is 0 Å². The van der Waals surface area contributed by atoms with E-state index in [9.17, 15) is 0 Å². The summed E-state index contributed by atoms with van der Waals surface area (Å²) in [5.74, 6) is 0.778. The largest absolute Gasteiger partial charge is 0.496 e. The van der Waals surface area contributed by atoms with Gasteiger partial charge in [-0.05, 0) is 48.8 Å². The lowest BCUT2D eigenvalue weighted by Gasteiger charge is -2.19. The van der Waals surface area contributed by atoms with Crippen LogP contribution in [0.15, 0.2) is 36.6 Å². The monoisotopic (exact) mass is 300 g/mol. The summed E-state index contributed by atoms with van der Waals surface area (Å²) in [6, 6.07) is 9.10. The van der Waals surface area contributed by atoms with Crippen molar-refractivity contribution in [3.63, 3.8) is 0 Å². The molecule has 22 heavy (non-hydrogen) atoms. The highest BCUT2D eigenvalue weighted by Gasteiger charge is 2.14. The standard InChI is InChI=1S/C20H28O2/c1-2-4-8-18(7-3-1)19-12-10-17(11-13-19)15-21-16-20-9-5-6-14-22-20/h6,10-14,18,20H,1-5,7-9,15-16H2. The zero-order valence-electron chi connectivity index (χ0n) is 13.5. The van der Waals surface area contributed by atoms with Crippen LogP contribution in [-0.2, 0) is 16.1 Å². The maximum atomic E-state index is 5.81. The average Bonchev–Trinajstić information content (AvgIpc) is 2.86. The van der Waals surface area contributed by atoms with Crippen molar-refractivity contribution in [1.29, 1.82) is 0 Å². The fourth-order valence-corrected chi connectivity index (χ4v) is 3.51. The summed E-state index contributed by atoms with van der Waals surface area (Å²) in [5, 5.41) is 0. The third-order valence-electron chi connectivity index (χ3n) is 4.90. The van der Waals surface area contributed by atoms with Gasteiger partial charge in [0.2, 0.25) is 0 Å². The molecule has 0 radical (unpaired) electrons. The van der Waals surface area contributed by atoms with Crippen LogP contribution in [0.4, 0.5) is 0 Å². The summed E-state index contributed by atoms with van der Waals surface area (Å²) in [7, 11) is 0. The Morgan fingerprint density at radius 1 is 0.955 bits per heavy atom. The minimum atomic E-state index is 0.232. The topological polar surface area (TPSA) is 18.5 Å². The molecule has 1 aliphatic carbocycles. The van der Waals surface area contributed by atoms with Crippen LogP contribution >= 0.6 is 0 Å². The molecule has 1 unspecified atom stereocenters. The van der Waals surface area contributed by atoms with E-state index in [1.54, 1.807) is 6.26 Å². The van der Waals surface area contributed by atoms with Gasteiger partial charge in [0.05, 0.1) is 19.5 Å². The molecule has 0 saturated heterocycles. The second kappa shape index (κ2) is 8.38. The van der Waals surface area contributed by atoms with Crippen molar-refractivity contribution in [2.45, 2.75) is 70.0 Å². The van der Waals surface area contributed by atoms with Gasteiger partial charge in [0.25, 0.3) is 0 Å². The van der Waals surface area contributed by atoms with Crippen molar-refractivity contribution in [2.24, 2.45) is 0 Å². The van der Waals surface area contributed by atoms with Crippen molar-refractivity contribution in [1.82, 2.24) is 0 Å². The van der Waals surface area contributed by atoms with Crippen molar-refractivity contribution >= 4 is 0 Å². The van der Waals surface area contributed by atoms with Gasteiger partial charge in [-0.15, -0.1) is 0 Å². The van der Waals surface area contributed by atoms with E-state index in [0.717, 1.165) is 18.8 Å². The summed E-state index contributed by atoms with van der Waals surface area (Å²) in [6.45, 7) is 1.38. The van der Waals surface area contributed by atoms with Gasteiger partial charge in [-0.25, -0.2) is 0 Å². The van der Waals surface area contributed by atoms with Gasteiger partial charge in [0.15, 0.2) is 0 Å². The highest BCUT2D eigenvalue weighted by molar-refractivity contribution is 5.25. The lowest BCUT2D eigenvalue weighted by atomic mass is 9.91. The molecule has 2 heteroatoms. The Labute approximate surface area is 134 Å². The van der Waals surface area contributed by atoms with Crippen molar-refractivity contribution < 1.29 is 9.47 Å². The molecule has 1 atom stereocenters. The van der Waals surface area contributed by atoms with Crippen LogP contribution < -0.4 is 0 Å².